The number of nitrogens with one attached hydrogen (secondary N) is 1. The Labute approximate surface area is 140 Å². The average molecular weight is 399 g/mol. The van der Waals surface area contributed by atoms with Gasteiger partial charge in [-0.05, 0) is 0 Å². The summed E-state index contributed by atoms with van der Waals surface area (Å²) in [5, 5.41) is 0. The molecule has 1 aliphatic rings. The van der Waals surface area contributed by atoms with Gasteiger partial charge in [-0.15, -0.1) is 0 Å². The fourth-order valence-electron chi connectivity index (χ4n) is 2.04. The van der Waals surface area contributed by atoms with E-state index in [9.17, 15) is 8.42 Å². The predicted molar refractivity (Wildman–Crippen MR) is 89.9 cm³/mol. The maximum absolute atomic E-state index is 12.5. The first-order valence-corrected chi connectivity index (χ1v) is 12.2. The van der Waals surface area contributed by atoms with Crippen LogP contribution in [-0.2, 0) is 10.0 Å². The van der Waals surface area contributed by atoms with Crippen molar-refractivity contribution in [3.05, 3.63) is 48.8 Å². The van der Waals surface area contributed by atoms with E-state index in [1.807, 2.05) is 24.3 Å². The van der Waals surface area contributed by atoms with E-state index in [2.05, 4.69) is 9.71 Å². The van der Waals surface area contributed by atoms with Gasteiger partial charge in [-0.2, -0.15) is 0 Å². The Morgan fingerprint density at radius 3 is 2.55 bits per heavy atom. The molecule has 0 spiro atoms. The van der Waals surface area contributed by atoms with Gasteiger partial charge < -0.3 is 0 Å². The third-order valence-electron chi connectivity index (χ3n) is 3.44. The van der Waals surface area contributed by atoms with E-state index >= 15 is 0 Å². The Kier molecular flexibility index (Phi) is 5.21. The van der Waals surface area contributed by atoms with Gasteiger partial charge in [-0.1, -0.05) is 0 Å². The molecule has 0 radical (unpaired) electrons. The zero-order valence-electron chi connectivity index (χ0n) is 11.8. The molecular weight excluding hydrogens is 383 g/mol. The van der Waals surface area contributed by atoms with Crippen LogP contribution in [0.4, 0.5) is 0 Å². The average Bonchev–Trinajstić information content (AvgIpc) is 2.50. The van der Waals surface area contributed by atoms with Crippen molar-refractivity contribution in [2.24, 2.45) is 0 Å². The summed E-state index contributed by atoms with van der Waals surface area (Å²) < 4.78 is 28.8. The van der Waals surface area contributed by atoms with Gasteiger partial charge in [0.25, 0.3) is 0 Å². The van der Waals surface area contributed by atoms with Crippen molar-refractivity contribution < 1.29 is 8.42 Å². The molecule has 1 fully saturated rings. The number of pyridine rings is 1. The fraction of sp³-hybridized carbons (Fsp3) is 0.267. The summed E-state index contributed by atoms with van der Waals surface area (Å²) in [7, 11) is -1.74. The van der Waals surface area contributed by atoms with E-state index in [1.165, 1.54) is 0 Å². The standard InChI is InChI=1S/C15H16N2O2S2Se/c18-21(19,17-12-4-3-5-12)14-6-1-2-7-15(14)22-20-13-8-10-16-11-9-13/h1-2,6-12,17H,3-5H2. The van der Waals surface area contributed by atoms with Crippen LogP contribution in [0, 0.1) is 0 Å². The van der Waals surface area contributed by atoms with Gasteiger partial charge in [0.2, 0.25) is 0 Å². The fourth-order valence-corrected chi connectivity index (χ4v) is 8.25. The minimum absolute atomic E-state index is 0.00763. The number of aromatic nitrogens is 1. The van der Waals surface area contributed by atoms with Crippen LogP contribution in [-0.4, -0.2) is 33.3 Å². The second-order valence-corrected chi connectivity index (χ2v) is 10.6. The Morgan fingerprint density at radius 2 is 1.86 bits per heavy atom. The van der Waals surface area contributed by atoms with Crippen LogP contribution in [0.2, 0.25) is 0 Å². The molecular formula is C15H16N2O2S2Se. The van der Waals surface area contributed by atoms with Crippen LogP contribution in [0.25, 0.3) is 0 Å². The molecule has 1 N–H and O–H groups in total. The van der Waals surface area contributed by atoms with E-state index in [-0.39, 0.29) is 19.9 Å². The number of rotatable bonds is 6. The summed E-state index contributed by atoms with van der Waals surface area (Å²) in [6, 6.07) is 11.3. The second kappa shape index (κ2) is 7.15. The molecule has 0 bridgehead atoms. The summed E-state index contributed by atoms with van der Waals surface area (Å²) >= 11 is -0.00763. The molecule has 1 aliphatic carbocycles. The molecule has 22 heavy (non-hydrogen) atoms. The molecule has 0 atom stereocenters. The zero-order valence-corrected chi connectivity index (χ0v) is 15.2. The third kappa shape index (κ3) is 3.91. The third-order valence-corrected chi connectivity index (χ3v) is 9.65. The van der Waals surface area contributed by atoms with E-state index in [4.69, 9.17) is 0 Å². The molecule has 0 amide bonds. The van der Waals surface area contributed by atoms with Crippen LogP contribution < -0.4 is 9.18 Å². The Bertz CT molecular complexity index is 734. The molecule has 2 aromatic rings. The number of sulfonamides is 1. The second-order valence-electron chi connectivity index (χ2n) is 5.05. The minimum atomic E-state index is -3.42. The molecule has 3 rings (SSSR count). The summed E-state index contributed by atoms with van der Waals surface area (Å²) in [5.41, 5.74) is 0. The van der Waals surface area contributed by atoms with Crippen LogP contribution in [0.15, 0.2) is 58.6 Å². The van der Waals surface area contributed by atoms with Crippen molar-refractivity contribution >= 4 is 38.5 Å². The molecule has 1 aromatic heterocycles. The normalized spacial score (nSPS) is 15.5. The van der Waals surface area contributed by atoms with Gasteiger partial charge in [0, 0.05) is 0 Å². The van der Waals surface area contributed by atoms with Crippen molar-refractivity contribution in [2.75, 3.05) is 0 Å². The zero-order chi connectivity index (χ0) is 15.4. The molecule has 1 saturated carbocycles. The van der Waals surface area contributed by atoms with Crippen LogP contribution in [0.3, 0.4) is 0 Å². The van der Waals surface area contributed by atoms with Gasteiger partial charge in [-0.3, -0.25) is 0 Å². The van der Waals surface area contributed by atoms with Crippen molar-refractivity contribution in [3.63, 3.8) is 0 Å². The van der Waals surface area contributed by atoms with Crippen molar-refractivity contribution in [1.82, 2.24) is 9.71 Å². The van der Waals surface area contributed by atoms with Crippen LogP contribution in [0.5, 0.6) is 0 Å². The molecule has 0 unspecified atom stereocenters. The van der Waals surface area contributed by atoms with Crippen LogP contribution >= 0.6 is 10.2 Å². The number of hydrogen-bond donors (Lipinski definition) is 1. The summed E-state index contributed by atoms with van der Waals surface area (Å²) in [6.07, 6.45) is 6.49. The monoisotopic (exact) mass is 400 g/mol. The maximum atomic E-state index is 12.5. The van der Waals surface area contributed by atoms with Gasteiger partial charge in [0.15, 0.2) is 0 Å². The SMILES string of the molecule is O=S(=O)(NC1CCC1)c1ccccc1[Se]Sc1ccncc1. The number of nitrogens with zero attached hydrogens (tertiary/aromatic N) is 1. The predicted octanol–water partition coefficient (Wildman–Crippen LogP) is 1.95. The molecule has 116 valence electrons. The first-order valence-electron chi connectivity index (χ1n) is 7.01. The van der Waals surface area contributed by atoms with E-state index < -0.39 is 10.0 Å². The van der Waals surface area contributed by atoms with Gasteiger partial charge in [-0.25, -0.2) is 0 Å². The van der Waals surface area contributed by atoms with Gasteiger partial charge in [0.1, 0.15) is 0 Å². The quantitative estimate of drug-likeness (QED) is 0.755. The van der Waals surface area contributed by atoms with Crippen molar-refractivity contribution in [2.45, 2.75) is 35.1 Å². The Morgan fingerprint density at radius 1 is 1.14 bits per heavy atom. The molecule has 4 nitrogen and oxygen atoms in total. The Balaban J connectivity index is 1.77. The summed E-state index contributed by atoms with van der Waals surface area (Å²) in [5.74, 6) is 0. The molecule has 0 saturated heterocycles. The van der Waals surface area contributed by atoms with Gasteiger partial charge in [0.05, 0.1) is 0 Å². The molecule has 1 aromatic carbocycles. The summed E-state index contributed by atoms with van der Waals surface area (Å²) in [6.45, 7) is 0. The van der Waals surface area contributed by atoms with E-state index in [0.717, 1.165) is 28.6 Å². The van der Waals surface area contributed by atoms with E-state index in [1.54, 1.807) is 34.7 Å². The number of hydrogen-bond acceptors (Lipinski definition) is 4. The van der Waals surface area contributed by atoms with Crippen molar-refractivity contribution in [3.8, 4) is 0 Å². The molecule has 1 heterocycles. The topological polar surface area (TPSA) is 59.1 Å². The molecule has 7 heteroatoms. The van der Waals surface area contributed by atoms with Crippen molar-refractivity contribution in [1.29, 1.82) is 0 Å². The van der Waals surface area contributed by atoms with Gasteiger partial charge >= 0.3 is 141 Å². The first kappa shape index (κ1) is 16.0. The first-order chi connectivity index (χ1) is 10.6. The number of benzene rings is 1. The van der Waals surface area contributed by atoms with Crippen LogP contribution in [0.1, 0.15) is 19.3 Å². The summed E-state index contributed by atoms with van der Waals surface area (Å²) in [4.78, 5) is 5.52. The van der Waals surface area contributed by atoms with E-state index in [0.29, 0.717) is 4.90 Å². The molecule has 0 aliphatic heterocycles. The Hall–Kier alpha value is -0.851.